The van der Waals surface area contributed by atoms with Gasteiger partial charge in [0.05, 0.1) is 5.71 Å². The van der Waals surface area contributed by atoms with Gasteiger partial charge in [-0.25, -0.2) is 5.43 Å². The summed E-state index contributed by atoms with van der Waals surface area (Å²) in [6, 6.07) is 13.9. The average Bonchev–Trinajstić information content (AvgIpc) is 2.46. The van der Waals surface area contributed by atoms with Gasteiger partial charge in [0, 0.05) is 5.56 Å². The minimum absolute atomic E-state index is 0.126. The molecule has 0 saturated heterocycles. The summed E-state index contributed by atoms with van der Waals surface area (Å²) in [6.45, 7) is 3.85. The van der Waals surface area contributed by atoms with Gasteiger partial charge in [-0.2, -0.15) is 5.10 Å². The second-order valence-corrected chi connectivity index (χ2v) is 4.55. The van der Waals surface area contributed by atoms with E-state index in [1.165, 1.54) is 17.7 Å². The number of nitrogens with one attached hydrogen (secondary N) is 1. The van der Waals surface area contributed by atoms with Crippen molar-refractivity contribution >= 4 is 11.6 Å². The topological polar surface area (TPSA) is 61.7 Å². The number of hydrogen-bond acceptors (Lipinski definition) is 3. The van der Waals surface area contributed by atoms with Crippen LogP contribution in [0.1, 0.15) is 28.4 Å². The molecule has 0 aliphatic rings. The molecule has 2 aromatic rings. The fourth-order valence-electron chi connectivity index (χ4n) is 1.67. The normalized spacial score (nSPS) is 11.2. The monoisotopic (exact) mass is 268 g/mol. The summed E-state index contributed by atoms with van der Waals surface area (Å²) in [5.74, 6) is -0.183. The Morgan fingerprint density at radius 2 is 1.55 bits per heavy atom. The Morgan fingerprint density at radius 1 is 1.00 bits per heavy atom. The summed E-state index contributed by atoms with van der Waals surface area (Å²) < 4.78 is 0. The lowest BCUT2D eigenvalue weighted by atomic mass is 10.1. The van der Waals surface area contributed by atoms with Crippen molar-refractivity contribution in [2.24, 2.45) is 5.10 Å². The molecule has 1 amide bonds. The molecule has 0 spiro atoms. The molecule has 4 nitrogen and oxygen atoms in total. The number of phenolic OH excluding ortho intramolecular Hbond substituents is 1. The Balaban J connectivity index is 2.06. The van der Waals surface area contributed by atoms with Crippen LogP contribution in [-0.2, 0) is 0 Å². The fourth-order valence-corrected chi connectivity index (χ4v) is 1.67. The van der Waals surface area contributed by atoms with E-state index in [9.17, 15) is 4.79 Å². The predicted molar refractivity (Wildman–Crippen MR) is 79.0 cm³/mol. The number of amides is 1. The smallest absolute Gasteiger partial charge is 0.271 e. The molecule has 0 atom stereocenters. The lowest BCUT2D eigenvalue weighted by Gasteiger charge is -2.03. The maximum Gasteiger partial charge on any atom is 0.271 e. The van der Waals surface area contributed by atoms with Crippen molar-refractivity contribution in [1.29, 1.82) is 0 Å². The van der Waals surface area contributed by atoms with E-state index in [4.69, 9.17) is 5.11 Å². The minimum Gasteiger partial charge on any atom is -0.508 e. The Hall–Kier alpha value is -2.62. The van der Waals surface area contributed by atoms with E-state index >= 15 is 0 Å². The summed E-state index contributed by atoms with van der Waals surface area (Å²) in [5, 5.41) is 13.2. The zero-order chi connectivity index (χ0) is 14.5. The molecule has 0 saturated carbocycles. The van der Waals surface area contributed by atoms with E-state index in [-0.39, 0.29) is 11.7 Å². The Labute approximate surface area is 117 Å². The van der Waals surface area contributed by atoms with Crippen molar-refractivity contribution in [3.8, 4) is 5.75 Å². The maximum absolute atomic E-state index is 11.8. The van der Waals surface area contributed by atoms with Gasteiger partial charge < -0.3 is 5.11 Å². The number of carbonyl (C=O) groups excluding carboxylic acids is 1. The van der Waals surface area contributed by atoms with E-state index in [0.717, 1.165) is 11.3 Å². The Kier molecular flexibility index (Phi) is 4.15. The van der Waals surface area contributed by atoms with Crippen LogP contribution in [0.5, 0.6) is 5.75 Å². The van der Waals surface area contributed by atoms with E-state index in [1.54, 1.807) is 12.1 Å². The first-order chi connectivity index (χ1) is 9.56. The Morgan fingerprint density at radius 3 is 2.15 bits per heavy atom. The third-order valence-corrected chi connectivity index (χ3v) is 2.92. The molecule has 0 aliphatic carbocycles. The summed E-state index contributed by atoms with van der Waals surface area (Å²) >= 11 is 0. The van der Waals surface area contributed by atoms with Crippen LogP contribution in [0.2, 0.25) is 0 Å². The molecule has 0 heterocycles. The molecule has 2 N–H and O–H groups in total. The predicted octanol–water partition coefficient (Wildman–Crippen LogP) is 2.85. The number of phenols is 1. The van der Waals surface area contributed by atoms with Crippen molar-refractivity contribution in [1.82, 2.24) is 5.43 Å². The minimum atomic E-state index is -0.309. The molecule has 0 bridgehead atoms. The van der Waals surface area contributed by atoms with Gasteiger partial charge in [-0.1, -0.05) is 29.8 Å². The van der Waals surface area contributed by atoms with Crippen LogP contribution in [0, 0.1) is 6.92 Å². The highest BCUT2D eigenvalue weighted by Crippen LogP contribution is 2.09. The highest BCUT2D eigenvalue weighted by molar-refractivity contribution is 6.00. The number of aryl methyl sites for hydroxylation is 1. The molecule has 2 aromatic carbocycles. The average molecular weight is 268 g/mol. The fraction of sp³-hybridized carbons (Fsp3) is 0.125. The van der Waals surface area contributed by atoms with E-state index in [2.05, 4.69) is 10.5 Å². The highest BCUT2D eigenvalue weighted by atomic mass is 16.3. The molecule has 20 heavy (non-hydrogen) atoms. The number of aromatic hydroxyl groups is 1. The van der Waals surface area contributed by atoms with E-state index in [0.29, 0.717) is 5.56 Å². The molecular weight excluding hydrogens is 252 g/mol. The van der Waals surface area contributed by atoms with Crippen LogP contribution >= 0.6 is 0 Å². The Bertz CT molecular complexity index is 629. The number of nitrogens with zero attached hydrogens (tertiary/aromatic N) is 1. The number of benzene rings is 2. The number of carbonyl (C=O) groups is 1. The molecule has 2 rings (SSSR count). The molecule has 0 aliphatic heterocycles. The van der Waals surface area contributed by atoms with Crippen LogP contribution in [0.4, 0.5) is 0 Å². The lowest BCUT2D eigenvalue weighted by molar-refractivity contribution is 0.0955. The van der Waals surface area contributed by atoms with Gasteiger partial charge in [0.15, 0.2) is 0 Å². The van der Waals surface area contributed by atoms with Crippen molar-refractivity contribution < 1.29 is 9.90 Å². The molecule has 0 unspecified atom stereocenters. The molecule has 0 radical (unpaired) electrons. The summed E-state index contributed by atoms with van der Waals surface area (Å²) in [6.07, 6.45) is 0. The standard InChI is InChI=1S/C16H16N2O2/c1-11-3-5-13(6-4-11)12(2)17-18-16(20)14-7-9-15(19)10-8-14/h3-10,19H,1-2H3,(H,18,20)/b17-12-. The van der Waals surface area contributed by atoms with Crippen LogP contribution in [-0.4, -0.2) is 16.7 Å². The maximum atomic E-state index is 11.8. The van der Waals surface area contributed by atoms with Crippen LogP contribution < -0.4 is 5.43 Å². The summed E-state index contributed by atoms with van der Waals surface area (Å²) in [7, 11) is 0. The first-order valence-corrected chi connectivity index (χ1v) is 6.27. The summed E-state index contributed by atoms with van der Waals surface area (Å²) in [4.78, 5) is 11.8. The number of rotatable bonds is 3. The SMILES string of the molecule is C/C(=N/NC(=O)c1ccc(O)cc1)c1ccc(C)cc1. The van der Waals surface area contributed by atoms with Gasteiger partial charge in [-0.15, -0.1) is 0 Å². The lowest BCUT2D eigenvalue weighted by Crippen LogP contribution is -2.19. The third-order valence-electron chi connectivity index (χ3n) is 2.92. The first-order valence-electron chi connectivity index (χ1n) is 6.27. The first kappa shape index (κ1) is 13.8. The van der Waals surface area contributed by atoms with Gasteiger partial charge in [0.25, 0.3) is 5.91 Å². The van der Waals surface area contributed by atoms with Gasteiger partial charge in [-0.05, 0) is 43.7 Å². The van der Waals surface area contributed by atoms with Gasteiger partial charge >= 0.3 is 0 Å². The summed E-state index contributed by atoms with van der Waals surface area (Å²) in [5.41, 5.74) is 5.82. The molecular formula is C16H16N2O2. The zero-order valence-electron chi connectivity index (χ0n) is 11.4. The zero-order valence-corrected chi connectivity index (χ0v) is 11.4. The quantitative estimate of drug-likeness (QED) is 0.664. The van der Waals surface area contributed by atoms with Crippen LogP contribution in [0.15, 0.2) is 53.6 Å². The van der Waals surface area contributed by atoms with Crippen molar-refractivity contribution in [2.75, 3.05) is 0 Å². The van der Waals surface area contributed by atoms with Gasteiger partial charge in [0.2, 0.25) is 0 Å². The molecule has 0 fully saturated rings. The van der Waals surface area contributed by atoms with Gasteiger partial charge in [0.1, 0.15) is 5.75 Å². The van der Waals surface area contributed by atoms with Crippen molar-refractivity contribution in [2.45, 2.75) is 13.8 Å². The molecule has 102 valence electrons. The van der Waals surface area contributed by atoms with Crippen molar-refractivity contribution in [3.63, 3.8) is 0 Å². The molecule has 0 aromatic heterocycles. The highest BCUT2D eigenvalue weighted by Gasteiger charge is 2.04. The van der Waals surface area contributed by atoms with E-state index < -0.39 is 0 Å². The molecule has 4 heteroatoms. The van der Waals surface area contributed by atoms with Crippen molar-refractivity contribution in [3.05, 3.63) is 65.2 Å². The number of hydrogen-bond donors (Lipinski definition) is 2. The second-order valence-electron chi connectivity index (χ2n) is 4.55. The van der Waals surface area contributed by atoms with Gasteiger partial charge in [-0.3, -0.25) is 4.79 Å². The van der Waals surface area contributed by atoms with E-state index in [1.807, 2.05) is 38.1 Å². The number of hydrazone groups is 1. The largest absolute Gasteiger partial charge is 0.508 e. The third kappa shape index (κ3) is 3.45. The van der Waals surface area contributed by atoms with Crippen LogP contribution in [0.25, 0.3) is 0 Å². The van der Waals surface area contributed by atoms with Crippen LogP contribution in [0.3, 0.4) is 0 Å². The second kappa shape index (κ2) is 6.02.